The van der Waals surface area contributed by atoms with E-state index in [1.807, 2.05) is 4.90 Å². The third-order valence-corrected chi connectivity index (χ3v) is 3.63. The lowest BCUT2D eigenvalue weighted by Gasteiger charge is -2.34. The molecule has 0 radical (unpaired) electrons. The Morgan fingerprint density at radius 2 is 2.21 bits per heavy atom. The van der Waals surface area contributed by atoms with Crippen molar-refractivity contribution in [2.75, 3.05) is 19.6 Å². The Bertz CT molecular complexity index is 507. The van der Waals surface area contributed by atoms with E-state index in [2.05, 4.69) is 0 Å². The minimum absolute atomic E-state index is 0.0460. The molecule has 0 atom stereocenters. The summed E-state index contributed by atoms with van der Waals surface area (Å²) in [4.78, 5) is 27.7. The van der Waals surface area contributed by atoms with Gasteiger partial charge in [-0.1, -0.05) is 0 Å². The number of nitrogens with zero attached hydrogens (tertiary/aromatic N) is 2. The van der Waals surface area contributed by atoms with E-state index in [1.165, 1.54) is 6.26 Å². The van der Waals surface area contributed by atoms with Gasteiger partial charge in [0.05, 0.1) is 12.1 Å². The molecule has 0 spiro atoms. The van der Waals surface area contributed by atoms with Crippen LogP contribution in [0.25, 0.3) is 0 Å². The van der Waals surface area contributed by atoms with Crippen LogP contribution in [0.4, 0.5) is 0 Å². The monoisotopic (exact) mass is 263 g/mol. The molecule has 2 N–H and O–H groups in total. The van der Waals surface area contributed by atoms with E-state index < -0.39 is 0 Å². The molecule has 1 saturated heterocycles. The largest absolute Gasteiger partial charge is 0.467 e. The number of amides is 2. The summed E-state index contributed by atoms with van der Waals surface area (Å²) in [6.07, 6.45) is 3.60. The van der Waals surface area contributed by atoms with Crippen LogP contribution in [0, 0.1) is 0 Å². The summed E-state index contributed by atoms with van der Waals surface area (Å²) in [7, 11) is 0. The average Bonchev–Trinajstić information content (AvgIpc) is 3.14. The lowest BCUT2D eigenvalue weighted by molar-refractivity contribution is -0.135. The molecular formula is C13H17N3O3. The minimum atomic E-state index is -0.160. The highest BCUT2D eigenvalue weighted by molar-refractivity contribution is 5.97. The smallest absolute Gasteiger partial charge is 0.257 e. The molecule has 1 aromatic heterocycles. The Labute approximate surface area is 111 Å². The molecule has 1 aliphatic heterocycles. The fourth-order valence-electron chi connectivity index (χ4n) is 2.41. The molecule has 0 bridgehead atoms. The Morgan fingerprint density at radius 3 is 2.79 bits per heavy atom. The fourth-order valence-corrected chi connectivity index (χ4v) is 2.41. The van der Waals surface area contributed by atoms with Gasteiger partial charge in [0.2, 0.25) is 5.91 Å². The predicted molar refractivity (Wildman–Crippen MR) is 67.2 cm³/mol. The van der Waals surface area contributed by atoms with Gasteiger partial charge in [0, 0.05) is 19.1 Å². The maximum Gasteiger partial charge on any atom is 0.257 e. The Balaban J connectivity index is 1.66. The van der Waals surface area contributed by atoms with Crippen molar-refractivity contribution in [1.29, 1.82) is 0 Å². The first-order chi connectivity index (χ1) is 9.19. The highest BCUT2D eigenvalue weighted by atomic mass is 16.3. The fraction of sp³-hybridized carbons (Fsp3) is 0.538. The van der Waals surface area contributed by atoms with E-state index in [-0.39, 0.29) is 24.9 Å². The predicted octanol–water partition coefficient (Wildman–Crippen LogP) is 0.185. The zero-order chi connectivity index (χ0) is 13.4. The van der Waals surface area contributed by atoms with Crippen molar-refractivity contribution in [2.24, 2.45) is 5.73 Å². The van der Waals surface area contributed by atoms with Gasteiger partial charge >= 0.3 is 0 Å². The molecule has 1 aromatic rings. The lowest BCUT2D eigenvalue weighted by Crippen LogP contribution is -2.52. The molecule has 2 heterocycles. The molecule has 2 aliphatic rings. The summed E-state index contributed by atoms with van der Waals surface area (Å²) in [5.41, 5.74) is 5.91. The summed E-state index contributed by atoms with van der Waals surface area (Å²) in [5, 5.41) is 0. The van der Waals surface area contributed by atoms with Crippen LogP contribution < -0.4 is 5.73 Å². The van der Waals surface area contributed by atoms with E-state index in [1.54, 1.807) is 11.0 Å². The molecule has 2 amide bonds. The van der Waals surface area contributed by atoms with Crippen LogP contribution >= 0.6 is 0 Å². The second-order valence-electron chi connectivity index (χ2n) is 5.05. The van der Waals surface area contributed by atoms with Crippen LogP contribution in [0.15, 0.2) is 16.7 Å². The molecule has 3 rings (SSSR count). The van der Waals surface area contributed by atoms with Crippen molar-refractivity contribution in [3.8, 4) is 0 Å². The molecule has 0 unspecified atom stereocenters. The van der Waals surface area contributed by atoms with Gasteiger partial charge < -0.3 is 20.0 Å². The summed E-state index contributed by atoms with van der Waals surface area (Å²) >= 11 is 0. The van der Waals surface area contributed by atoms with Crippen LogP contribution in [0.5, 0.6) is 0 Å². The zero-order valence-electron chi connectivity index (χ0n) is 10.7. The number of piperazine rings is 1. The van der Waals surface area contributed by atoms with Gasteiger partial charge in [-0.15, -0.1) is 0 Å². The molecule has 19 heavy (non-hydrogen) atoms. The second-order valence-corrected chi connectivity index (χ2v) is 5.05. The van der Waals surface area contributed by atoms with Gasteiger partial charge in [-0.2, -0.15) is 0 Å². The quantitative estimate of drug-likeness (QED) is 0.844. The van der Waals surface area contributed by atoms with Crippen molar-refractivity contribution in [1.82, 2.24) is 9.80 Å². The standard InChI is InChI=1S/C13H17N3O3/c14-6-11-5-9(8-19-11)13(18)15-3-4-16(10-1-2-10)12(17)7-15/h5,8,10H,1-4,6-7,14H2. The molecule has 6 heteroatoms. The van der Waals surface area contributed by atoms with Gasteiger partial charge in [-0.25, -0.2) is 0 Å². The second kappa shape index (κ2) is 4.70. The van der Waals surface area contributed by atoms with E-state index in [0.29, 0.717) is 30.5 Å². The van der Waals surface area contributed by atoms with Crippen LogP contribution in [0.3, 0.4) is 0 Å². The minimum Gasteiger partial charge on any atom is -0.467 e. The molecule has 2 fully saturated rings. The molecule has 6 nitrogen and oxygen atoms in total. The zero-order valence-corrected chi connectivity index (χ0v) is 10.7. The summed E-state index contributed by atoms with van der Waals surface area (Å²) in [5.74, 6) is 0.461. The molecule has 102 valence electrons. The summed E-state index contributed by atoms with van der Waals surface area (Å²) in [6.45, 7) is 1.65. The van der Waals surface area contributed by atoms with Gasteiger partial charge in [0.15, 0.2) is 0 Å². The van der Waals surface area contributed by atoms with Crippen molar-refractivity contribution in [3.63, 3.8) is 0 Å². The number of furan rings is 1. The lowest BCUT2D eigenvalue weighted by atomic mass is 10.2. The van der Waals surface area contributed by atoms with Gasteiger partial charge in [0.1, 0.15) is 18.6 Å². The van der Waals surface area contributed by atoms with Crippen LogP contribution in [0.1, 0.15) is 29.0 Å². The highest BCUT2D eigenvalue weighted by Gasteiger charge is 2.37. The molecule has 1 aliphatic carbocycles. The van der Waals surface area contributed by atoms with Crippen molar-refractivity contribution >= 4 is 11.8 Å². The maximum absolute atomic E-state index is 12.2. The van der Waals surface area contributed by atoms with Gasteiger partial charge in [0.25, 0.3) is 5.91 Å². The summed E-state index contributed by atoms with van der Waals surface area (Å²) < 4.78 is 5.15. The number of carbonyl (C=O) groups excluding carboxylic acids is 2. The van der Waals surface area contributed by atoms with Crippen LogP contribution in [-0.4, -0.2) is 47.3 Å². The Kier molecular flexibility index (Phi) is 3.02. The van der Waals surface area contributed by atoms with E-state index >= 15 is 0 Å². The van der Waals surface area contributed by atoms with E-state index in [9.17, 15) is 9.59 Å². The Morgan fingerprint density at radius 1 is 1.42 bits per heavy atom. The molecule has 1 saturated carbocycles. The topological polar surface area (TPSA) is 79.8 Å². The first kappa shape index (κ1) is 12.2. The Hall–Kier alpha value is -1.82. The first-order valence-electron chi connectivity index (χ1n) is 6.55. The van der Waals surface area contributed by atoms with Gasteiger partial charge in [-0.3, -0.25) is 9.59 Å². The van der Waals surface area contributed by atoms with E-state index in [4.69, 9.17) is 10.2 Å². The molecule has 0 aromatic carbocycles. The third kappa shape index (κ3) is 2.35. The van der Waals surface area contributed by atoms with Gasteiger partial charge in [-0.05, 0) is 18.9 Å². The van der Waals surface area contributed by atoms with E-state index in [0.717, 1.165) is 12.8 Å². The van der Waals surface area contributed by atoms with Crippen molar-refractivity contribution < 1.29 is 14.0 Å². The van der Waals surface area contributed by atoms with Crippen molar-refractivity contribution in [3.05, 3.63) is 23.7 Å². The molecular weight excluding hydrogens is 246 g/mol. The van der Waals surface area contributed by atoms with Crippen LogP contribution in [0.2, 0.25) is 0 Å². The summed E-state index contributed by atoms with van der Waals surface area (Å²) in [6, 6.07) is 2.06. The van der Waals surface area contributed by atoms with Crippen molar-refractivity contribution in [2.45, 2.75) is 25.4 Å². The average molecular weight is 263 g/mol. The third-order valence-electron chi connectivity index (χ3n) is 3.63. The number of hydrogen-bond donors (Lipinski definition) is 1. The number of nitrogens with two attached hydrogens (primary N) is 1. The van der Waals surface area contributed by atoms with Crippen LogP contribution in [-0.2, 0) is 11.3 Å². The normalized spacial score (nSPS) is 19.9. The SMILES string of the molecule is NCc1cc(C(=O)N2CCN(C3CC3)C(=O)C2)co1. The number of hydrogen-bond acceptors (Lipinski definition) is 4. The maximum atomic E-state index is 12.2. The number of carbonyl (C=O) groups is 2. The highest BCUT2D eigenvalue weighted by Crippen LogP contribution is 2.28. The first-order valence-corrected chi connectivity index (χ1v) is 6.55. The number of rotatable bonds is 3.